The van der Waals surface area contributed by atoms with Crippen molar-refractivity contribution in [2.24, 2.45) is 0 Å². The molecule has 0 aliphatic carbocycles. The third kappa shape index (κ3) is 7.07. The number of phenols is 1. The highest BCUT2D eigenvalue weighted by atomic mass is 16.4. The van der Waals surface area contributed by atoms with Crippen molar-refractivity contribution in [2.75, 3.05) is 13.1 Å². The molecule has 10 heteroatoms. The third-order valence-electron chi connectivity index (χ3n) is 4.55. The maximum absolute atomic E-state index is 12.7. The molecule has 1 fully saturated rings. The lowest BCUT2D eigenvalue weighted by Gasteiger charge is -2.22. The summed E-state index contributed by atoms with van der Waals surface area (Å²) in [6, 6.07) is 3.94. The van der Waals surface area contributed by atoms with Crippen LogP contribution in [0.2, 0.25) is 0 Å². The second kappa shape index (κ2) is 10.4. The molecule has 1 aliphatic heterocycles. The van der Waals surface area contributed by atoms with Crippen LogP contribution in [0, 0.1) is 0 Å². The zero-order valence-corrected chi connectivity index (χ0v) is 16.1. The molecule has 3 atom stereocenters. The zero-order valence-electron chi connectivity index (χ0n) is 16.1. The van der Waals surface area contributed by atoms with Crippen LogP contribution in [-0.2, 0) is 25.6 Å². The van der Waals surface area contributed by atoms with Crippen molar-refractivity contribution in [3.8, 4) is 5.75 Å². The van der Waals surface area contributed by atoms with Gasteiger partial charge in [0.1, 0.15) is 24.4 Å². The first-order valence-electron chi connectivity index (χ1n) is 9.38. The Morgan fingerprint density at radius 1 is 1.14 bits per heavy atom. The monoisotopic (exact) mass is 406 g/mol. The lowest BCUT2D eigenvalue weighted by atomic mass is 10.0. The number of aromatic hydroxyl groups is 1. The zero-order chi connectivity index (χ0) is 21.4. The first kappa shape index (κ1) is 22.2. The number of carbonyl (C=O) groups is 4. The SMILES string of the molecule is CC(NC(=O)C(Cc1ccc(O)cc1)NC(=O)C1CCCN1)C(=O)NCC(=O)O. The summed E-state index contributed by atoms with van der Waals surface area (Å²) in [4.78, 5) is 47.7. The Hall–Kier alpha value is -3.14. The quantitative estimate of drug-likeness (QED) is 0.303. The van der Waals surface area contributed by atoms with Gasteiger partial charge < -0.3 is 31.5 Å². The van der Waals surface area contributed by atoms with Crippen molar-refractivity contribution in [3.63, 3.8) is 0 Å². The average Bonchev–Trinajstić information content (AvgIpc) is 3.22. The highest BCUT2D eigenvalue weighted by molar-refractivity contribution is 5.93. The van der Waals surface area contributed by atoms with E-state index >= 15 is 0 Å². The predicted octanol–water partition coefficient (Wildman–Crippen LogP) is -1.12. The molecule has 0 aromatic heterocycles. The van der Waals surface area contributed by atoms with E-state index in [2.05, 4.69) is 21.3 Å². The van der Waals surface area contributed by atoms with Gasteiger partial charge in [-0.15, -0.1) is 0 Å². The molecule has 3 unspecified atom stereocenters. The molecular formula is C19H26N4O6. The maximum Gasteiger partial charge on any atom is 0.322 e. The lowest BCUT2D eigenvalue weighted by molar-refractivity contribution is -0.138. The molecule has 2 rings (SSSR count). The first-order valence-corrected chi connectivity index (χ1v) is 9.38. The highest BCUT2D eigenvalue weighted by Crippen LogP contribution is 2.12. The number of carboxylic acid groups (broad SMARTS) is 1. The van der Waals surface area contributed by atoms with E-state index < -0.39 is 36.4 Å². The molecule has 1 saturated heterocycles. The van der Waals surface area contributed by atoms with Crippen LogP contribution in [-0.4, -0.2) is 65.1 Å². The van der Waals surface area contributed by atoms with Crippen molar-refractivity contribution in [3.05, 3.63) is 29.8 Å². The van der Waals surface area contributed by atoms with Crippen LogP contribution in [0.4, 0.5) is 0 Å². The molecule has 1 heterocycles. The molecule has 10 nitrogen and oxygen atoms in total. The van der Waals surface area contributed by atoms with E-state index in [0.717, 1.165) is 13.0 Å². The number of phenolic OH excluding ortho intramolecular Hbond substituents is 1. The van der Waals surface area contributed by atoms with Gasteiger partial charge in [-0.2, -0.15) is 0 Å². The topological polar surface area (TPSA) is 157 Å². The van der Waals surface area contributed by atoms with Gasteiger partial charge in [-0.05, 0) is 44.0 Å². The fourth-order valence-electron chi connectivity index (χ4n) is 2.95. The number of carboxylic acids is 1. The summed E-state index contributed by atoms with van der Waals surface area (Å²) in [5, 5.41) is 28.5. The molecule has 29 heavy (non-hydrogen) atoms. The van der Waals surface area contributed by atoms with Gasteiger partial charge in [-0.25, -0.2) is 0 Å². The van der Waals surface area contributed by atoms with Gasteiger partial charge in [0.25, 0.3) is 0 Å². The fraction of sp³-hybridized carbons (Fsp3) is 0.474. The average molecular weight is 406 g/mol. The van der Waals surface area contributed by atoms with Crippen molar-refractivity contribution in [1.29, 1.82) is 0 Å². The molecule has 0 bridgehead atoms. The summed E-state index contributed by atoms with van der Waals surface area (Å²) in [7, 11) is 0. The molecule has 3 amide bonds. The van der Waals surface area contributed by atoms with Crippen LogP contribution in [0.15, 0.2) is 24.3 Å². The van der Waals surface area contributed by atoms with E-state index in [9.17, 15) is 24.3 Å². The molecular weight excluding hydrogens is 380 g/mol. The minimum Gasteiger partial charge on any atom is -0.508 e. The number of aliphatic carboxylic acids is 1. The van der Waals surface area contributed by atoms with Gasteiger partial charge in [0.05, 0.1) is 6.04 Å². The van der Waals surface area contributed by atoms with Crippen LogP contribution in [0.5, 0.6) is 5.75 Å². The molecule has 6 N–H and O–H groups in total. The lowest BCUT2D eigenvalue weighted by Crippen LogP contribution is -2.55. The maximum atomic E-state index is 12.7. The second-order valence-electron chi connectivity index (χ2n) is 6.92. The largest absolute Gasteiger partial charge is 0.508 e. The second-order valence-corrected chi connectivity index (χ2v) is 6.92. The summed E-state index contributed by atoms with van der Waals surface area (Å²) in [5.41, 5.74) is 0.714. The van der Waals surface area contributed by atoms with Gasteiger partial charge in [0.2, 0.25) is 17.7 Å². The number of amides is 3. The normalized spacial score (nSPS) is 17.8. The molecule has 0 radical (unpaired) electrons. The van der Waals surface area contributed by atoms with Crippen LogP contribution in [0.3, 0.4) is 0 Å². The van der Waals surface area contributed by atoms with Crippen LogP contribution < -0.4 is 21.3 Å². The first-order chi connectivity index (χ1) is 13.8. The predicted molar refractivity (Wildman–Crippen MR) is 103 cm³/mol. The number of rotatable bonds is 9. The van der Waals surface area contributed by atoms with Crippen molar-refractivity contribution in [1.82, 2.24) is 21.3 Å². The van der Waals surface area contributed by atoms with Gasteiger partial charge in [0, 0.05) is 6.42 Å². The smallest absolute Gasteiger partial charge is 0.322 e. The minimum absolute atomic E-state index is 0.0812. The number of hydrogen-bond donors (Lipinski definition) is 6. The van der Waals surface area contributed by atoms with E-state index in [1.54, 1.807) is 12.1 Å². The molecule has 1 aromatic rings. The molecule has 158 valence electrons. The number of nitrogens with one attached hydrogen (secondary N) is 4. The van der Waals surface area contributed by atoms with Gasteiger partial charge in [-0.3, -0.25) is 19.2 Å². The van der Waals surface area contributed by atoms with Gasteiger partial charge in [-0.1, -0.05) is 12.1 Å². The van der Waals surface area contributed by atoms with Crippen molar-refractivity contribution >= 4 is 23.7 Å². The van der Waals surface area contributed by atoms with Gasteiger partial charge >= 0.3 is 5.97 Å². The Bertz CT molecular complexity index is 746. The Morgan fingerprint density at radius 3 is 2.41 bits per heavy atom. The van der Waals surface area contributed by atoms with Crippen molar-refractivity contribution in [2.45, 2.75) is 44.3 Å². The number of hydrogen-bond acceptors (Lipinski definition) is 6. The number of carbonyl (C=O) groups excluding carboxylic acids is 3. The Kier molecular flexibility index (Phi) is 7.96. The molecule has 1 aliphatic rings. The molecule has 1 aromatic carbocycles. The fourth-order valence-corrected chi connectivity index (χ4v) is 2.95. The Balaban J connectivity index is 2.04. The highest BCUT2D eigenvalue weighted by Gasteiger charge is 2.29. The van der Waals surface area contributed by atoms with E-state index in [1.165, 1.54) is 19.1 Å². The molecule has 0 spiro atoms. The standard InChI is InChI=1S/C19H26N4O6/c1-11(17(27)21-10-16(25)26)22-19(29)15(9-12-4-6-13(24)7-5-12)23-18(28)14-3-2-8-20-14/h4-7,11,14-15,20,24H,2-3,8-10H2,1H3,(H,21,27)(H,22,29)(H,23,28)(H,25,26). The Morgan fingerprint density at radius 2 is 1.83 bits per heavy atom. The van der Waals surface area contributed by atoms with E-state index in [-0.39, 0.29) is 24.1 Å². The summed E-state index contributed by atoms with van der Waals surface area (Å²) < 4.78 is 0. The van der Waals surface area contributed by atoms with E-state index in [0.29, 0.717) is 12.0 Å². The summed E-state index contributed by atoms with van der Waals surface area (Å²) in [6.45, 7) is 1.60. The molecule has 0 saturated carbocycles. The summed E-state index contributed by atoms with van der Waals surface area (Å²) in [6.07, 6.45) is 1.70. The Labute approximate surface area is 168 Å². The third-order valence-corrected chi connectivity index (χ3v) is 4.55. The minimum atomic E-state index is -1.20. The van der Waals surface area contributed by atoms with Crippen LogP contribution >= 0.6 is 0 Å². The van der Waals surface area contributed by atoms with Crippen LogP contribution in [0.25, 0.3) is 0 Å². The summed E-state index contributed by atoms with van der Waals surface area (Å²) in [5.74, 6) is -2.63. The van der Waals surface area contributed by atoms with Gasteiger partial charge in [0.15, 0.2) is 0 Å². The summed E-state index contributed by atoms with van der Waals surface area (Å²) >= 11 is 0. The van der Waals surface area contributed by atoms with E-state index in [1.807, 2.05) is 0 Å². The number of benzene rings is 1. The van der Waals surface area contributed by atoms with Crippen LogP contribution in [0.1, 0.15) is 25.3 Å². The van der Waals surface area contributed by atoms with Crippen molar-refractivity contribution < 1.29 is 29.4 Å². The van der Waals surface area contributed by atoms with E-state index in [4.69, 9.17) is 5.11 Å².